The van der Waals surface area contributed by atoms with E-state index < -0.39 is 0 Å². The maximum atomic E-state index is 11.8. The van der Waals surface area contributed by atoms with Gasteiger partial charge in [0.2, 0.25) is 5.91 Å². The molecule has 0 aromatic rings. The molecule has 0 aliphatic carbocycles. The van der Waals surface area contributed by atoms with Gasteiger partial charge in [0.05, 0.1) is 12.6 Å². The van der Waals surface area contributed by atoms with Gasteiger partial charge >= 0.3 is 0 Å². The lowest BCUT2D eigenvalue weighted by Crippen LogP contribution is -2.50. The minimum Gasteiger partial charge on any atom is -0.330 e. The van der Waals surface area contributed by atoms with Crippen molar-refractivity contribution in [2.45, 2.75) is 32.7 Å². The molecular formula is C11H18N2O. The standard InChI is InChI=1S/C11H18N2O/c1-3-5-8-13-9-6-7-10(11(13)14)12-4-2/h10,12H,4,6-9H2,1-2H3. The zero-order valence-electron chi connectivity index (χ0n) is 8.97. The summed E-state index contributed by atoms with van der Waals surface area (Å²) in [6.07, 6.45) is 2.04. The Morgan fingerprint density at radius 1 is 1.64 bits per heavy atom. The lowest BCUT2D eigenvalue weighted by atomic mass is 10.0. The van der Waals surface area contributed by atoms with E-state index in [1.165, 1.54) is 0 Å². The van der Waals surface area contributed by atoms with Gasteiger partial charge in [-0.15, -0.1) is 5.92 Å². The zero-order valence-corrected chi connectivity index (χ0v) is 8.97. The summed E-state index contributed by atoms with van der Waals surface area (Å²) in [6, 6.07) is 0.0207. The van der Waals surface area contributed by atoms with Crippen LogP contribution in [0.3, 0.4) is 0 Å². The highest BCUT2D eigenvalue weighted by molar-refractivity contribution is 5.82. The van der Waals surface area contributed by atoms with Crippen LogP contribution in [0.4, 0.5) is 0 Å². The molecule has 1 rings (SSSR count). The van der Waals surface area contributed by atoms with Crippen molar-refractivity contribution in [3.8, 4) is 11.8 Å². The van der Waals surface area contributed by atoms with Crippen molar-refractivity contribution in [2.24, 2.45) is 0 Å². The van der Waals surface area contributed by atoms with Gasteiger partial charge in [-0.1, -0.05) is 12.8 Å². The molecule has 0 saturated carbocycles. The number of carbonyl (C=O) groups is 1. The summed E-state index contributed by atoms with van der Waals surface area (Å²) in [4.78, 5) is 13.7. The molecule has 0 spiro atoms. The van der Waals surface area contributed by atoms with Crippen LogP contribution < -0.4 is 5.32 Å². The Labute approximate surface area is 85.9 Å². The van der Waals surface area contributed by atoms with Crippen LogP contribution in [0.1, 0.15) is 26.7 Å². The van der Waals surface area contributed by atoms with Crippen molar-refractivity contribution >= 4 is 5.91 Å². The zero-order chi connectivity index (χ0) is 10.4. The fraction of sp³-hybridized carbons (Fsp3) is 0.727. The Balaban J connectivity index is 2.50. The van der Waals surface area contributed by atoms with Crippen molar-refractivity contribution < 1.29 is 4.79 Å². The third kappa shape index (κ3) is 2.74. The number of nitrogens with zero attached hydrogens (tertiary/aromatic N) is 1. The number of piperidine rings is 1. The summed E-state index contributed by atoms with van der Waals surface area (Å²) in [5.41, 5.74) is 0. The summed E-state index contributed by atoms with van der Waals surface area (Å²) in [5.74, 6) is 5.97. The number of likely N-dealkylation sites (N-methyl/N-ethyl adjacent to an activating group) is 1. The Bertz CT molecular complexity index is 250. The van der Waals surface area contributed by atoms with Gasteiger partial charge in [0, 0.05) is 6.54 Å². The van der Waals surface area contributed by atoms with E-state index in [1.54, 1.807) is 6.92 Å². The average Bonchev–Trinajstić information content (AvgIpc) is 2.20. The van der Waals surface area contributed by atoms with Gasteiger partial charge in [-0.05, 0) is 26.3 Å². The van der Waals surface area contributed by atoms with E-state index in [4.69, 9.17) is 0 Å². The van der Waals surface area contributed by atoms with E-state index in [9.17, 15) is 4.79 Å². The van der Waals surface area contributed by atoms with Gasteiger partial charge in [0.25, 0.3) is 0 Å². The molecule has 1 atom stereocenters. The predicted molar refractivity (Wildman–Crippen MR) is 56.7 cm³/mol. The molecule has 0 bridgehead atoms. The maximum absolute atomic E-state index is 11.8. The van der Waals surface area contributed by atoms with E-state index >= 15 is 0 Å². The minimum absolute atomic E-state index is 0.0207. The molecule has 1 aliphatic rings. The third-order valence-electron chi connectivity index (χ3n) is 2.43. The predicted octanol–water partition coefficient (Wildman–Crippen LogP) is 0.610. The molecule has 1 unspecified atom stereocenters. The fourth-order valence-electron chi connectivity index (χ4n) is 1.71. The van der Waals surface area contributed by atoms with Crippen LogP contribution >= 0.6 is 0 Å². The van der Waals surface area contributed by atoms with Crippen LogP contribution in [-0.2, 0) is 4.79 Å². The monoisotopic (exact) mass is 194 g/mol. The summed E-state index contributed by atoms with van der Waals surface area (Å²) in [7, 11) is 0. The van der Waals surface area contributed by atoms with Crippen molar-refractivity contribution in [1.82, 2.24) is 10.2 Å². The summed E-state index contributed by atoms with van der Waals surface area (Å²) >= 11 is 0. The van der Waals surface area contributed by atoms with Gasteiger partial charge in [-0.2, -0.15) is 0 Å². The van der Waals surface area contributed by atoms with Gasteiger partial charge in [-0.3, -0.25) is 4.79 Å². The number of hydrogen-bond acceptors (Lipinski definition) is 2. The number of rotatable bonds is 3. The fourth-order valence-corrected chi connectivity index (χ4v) is 1.71. The molecule has 1 fully saturated rings. The van der Waals surface area contributed by atoms with Gasteiger partial charge in [0.1, 0.15) is 0 Å². The summed E-state index contributed by atoms with van der Waals surface area (Å²) in [6.45, 7) is 6.12. The first-order valence-electron chi connectivity index (χ1n) is 5.21. The summed E-state index contributed by atoms with van der Waals surface area (Å²) in [5, 5.41) is 3.20. The van der Waals surface area contributed by atoms with Gasteiger partial charge in [-0.25, -0.2) is 0 Å². The third-order valence-corrected chi connectivity index (χ3v) is 2.43. The Kier molecular flexibility index (Phi) is 4.48. The molecule has 1 aliphatic heterocycles. The van der Waals surface area contributed by atoms with Crippen LogP contribution in [0.2, 0.25) is 0 Å². The lowest BCUT2D eigenvalue weighted by molar-refractivity contribution is -0.135. The van der Waals surface area contributed by atoms with E-state index in [1.807, 2.05) is 11.8 Å². The van der Waals surface area contributed by atoms with Crippen LogP contribution in [0, 0.1) is 11.8 Å². The van der Waals surface area contributed by atoms with Crippen LogP contribution in [0.15, 0.2) is 0 Å². The van der Waals surface area contributed by atoms with E-state index in [0.29, 0.717) is 6.54 Å². The highest BCUT2D eigenvalue weighted by Crippen LogP contribution is 2.10. The molecular weight excluding hydrogens is 176 g/mol. The molecule has 1 saturated heterocycles. The quantitative estimate of drug-likeness (QED) is 0.668. The lowest BCUT2D eigenvalue weighted by Gasteiger charge is -2.31. The number of hydrogen-bond donors (Lipinski definition) is 1. The smallest absolute Gasteiger partial charge is 0.240 e. The second-order valence-corrected chi connectivity index (χ2v) is 3.44. The number of carbonyl (C=O) groups excluding carboxylic acids is 1. The van der Waals surface area contributed by atoms with E-state index in [2.05, 4.69) is 17.2 Å². The summed E-state index contributed by atoms with van der Waals surface area (Å²) < 4.78 is 0. The normalized spacial score (nSPS) is 21.7. The molecule has 78 valence electrons. The Hall–Kier alpha value is -1.01. The topological polar surface area (TPSA) is 32.3 Å². The maximum Gasteiger partial charge on any atom is 0.240 e. The minimum atomic E-state index is 0.0207. The second-order valence-electron chi connectivity index (χ2n) is 3.44. The first-order valence-corrected chi connectivity index (χ1v) is 5.21. The molecule has 0 aromatic heterocycles. The van der Waals surface area contributed by atoms with Crippen LogP contribution in [-0.4, -0.2) is 36.5 Å². The van der Waals surface area contributed by atoms with Crippen molar-refractivity contribution in [2.75, 3.05) is 19.6 Å². The van der Waals surface area contributed by atoms with Crippen molar-refractivity contribution in [3.05, 3.63) is 0 Å². The first-order chi connectivity index (χ1) is 6.79. The molecule has 1 heterocycles. The van der Waals surface area contributed by atoms with Gasteiger partial charge in [0.15, 0.2) is 0 Å². The number of nitrogens with one attached hydrogen (secondary N) is 1. The second kappa shape index (κ2) is 5.66. The molecule has 3 heteroatoms. The Morgan fingerprint density at radius 3 is 3.07 bits per heavy atom. The Morgan fingerprint density at radius 2 is 2.43 bits per heavy atom. The van der Waals surface area contributed by atoms with E-state index in [0.717, 1.165) is 25.9 Å². The molecule has 3 nitrogen and oxygen atoms in total. The SMILES string of the molecule is CC#CCN1CCCC(NCC)C1=O. The highest BCUT2D eigenvalue weighted by atomic mass is 16.2. The highest BCUT2D eigenvalue weighted by Gasteiger charge is 2.26. The van der Waals surface area contributed by atoms with E-state index in [-0.39, 0.29) is 11.9 Å². The van der Waals surface area contributed by atoms with Crippen LogP contribution in [0.5, 0.6) is 0 Å². The molecule has 0 radical (unpaired) electrons. The average molecular weight is 194 g/mol. The van der Waals surface area contributed by atoms with Crippen molar-refractivity contribution in [3.63, 3.8) is 0 Å². The van der Waals surface area contributed by atoms with Gasteiger partial charge < -0.3 is 10.2 Å². The van der Waals surface area contributed by atoms with Crippen LogP contribution in [0.25, 0.3) is 0 Å². The molecule has 1 N–H and O–H groups in total. The first kappa shape index (κ1) is 11.1. The number of amides is 1. The number of likely N-dealkylation sites (tertiary alicyclic amines) is 1. The molecule has 14 heavy (non-hydrogen) atoms. The van der Waals surface area contributed by atoms with Crippen molar-refractivity contribution in [1.29, 1.82) is 0 Å². The molecule has 0 aromatic carbocycles. The molecule has 1 amide bonds. The largest absolute Gasteiger partial charge is 0.330 e.